The highest BCUT2D eigenvalue weighted by molar-refractivity contribution is 7.92. The number of hydrogen-bond donors (Lipinski definition) is 0. The number of carbonyl (C=O) groups excluding carboxylic acids is 1. The third-order valence-electron chi connectivity index (χ3n) is 6.27. The number of ketones is 1. The van der Waals surface area contributed by atoms with E-state index in [1.165, 1.54) is 37.3 Å². The van der Waals surface area contributed by atoms with E-state index in [2.05, 4.69) is 0 Å². The molecule has 2 aromatic carbocycles. The molecular weight excluding hydrogens is 446 g/mol. The van der Waals surface area contributed by atoms with Gasteiger partial charge >= 0.3 is 0 Å². The Morgan fingerprint density at radius 1 is 1.16 bits per heavy atom. The first-order chi connectivity index (χ1) is 14.7. The topological polar surface area (TPSA) is 60.4 Å². The Labute approximate surface area is 184 Å². The number of halogens is 3. The van der Waals surface area contributed by atoms with Crippen LogP contribution in [0.4, 0.5) is 8.78 Å². The minimum absolute atomic E-state index is 0.0189. The molecule has 2 aliphatic rings. The van der Waals surface area contributed by atoms with Crippen molar-refractivity contribution in [3.63, 3.8) is 0 Å². The molecule has 0 amide bonds. The van der Waals surface area contributed by atoms with Crippen LogP contribution >= 0.6 is 11.6 Å². The molecule has 4 nitrogen and oxygen atoms in total. The van der Waals surface area contributed by atoms with Gasteiger partial charge in [-0.15, -0.1) is 0 Å². The summed E-state index contributed by atoms with van der Waals surface area (Å²) in [4.78, 5) is 11.5. The minimum Gasteiger partial charge on any atom is -0.490 e. The lowest BCUT2D eigenvalue weighted by atomic mass is 9.67. The van der Waals surface area contributed by atoms with Crippen LogP contribution in [0.15, 0.2) is 53.4 Å². The SMILES string of the molecule is CC(=O)C=C[C@@H]1CCC[C@@]2(S(=O)(=O)c3ccc(Cl)cc3)c3c(F)ccc(F)c3OCC12. The number of allylic oxidation sites excluding steroid dienone is 2. The summed E-state index contributed by atoms with van der Waals surface area (Å²) in [7, 11) is -4.19. The number of hydrogen-bond acceptors (Lipinski definition) is 4. The minimum atomic E-state index is -4.19. The molecular formula is C23H21ClF2O4S. The summed E-state index contributed by atoms with van der Waals surface area (Å²) in [6.45, 7) is 1.30. The maximum atomic E-state index is 15.2. The average Bonchev–Trinajstić information content (AvgIpc) is 2.74. The number of ether oxygens (including phenoxy) is 1. The second kappa shape index (κ2) is 8.02. The van der Waals surface area contributed by atoms with Gasteiger partial charge in [0.1, 0.15) is 10.6 Å². The second-order valence-electron chi connectivity index (χ2n) is 8.02. The number of fused-ring (bicyclic) bond motifs is 3. The first-order valence-electron chi connectivity index (χ1n) is 9.98. The fourth-order valence-corrected chi connectivity index (χ4v) is 7.48. The molecule has 4 rings (SSSR count). The summed E-state index contributed by atoms with van der Waals surface area (Å²) in [5, 5.41) is 0.364. The largest absolute Gasteiger partial charge is 0.490 e. The van der Waals surface area contributed by atoms with E-state index >= 15 is 4.39 Å². The molecule has 1 saturated carbocycles. The Kier molecular flexibility index (Phi) is 5.68. The molecule has 1 fully saturated rings. The highest BCUT2D eigenvalue weighted by atomic mass is 35.5. The number of carbonyl (C=O) groups is 1. The molecule has 0 spiro atoms. The first-order valence-corrected chi connectivity index (χ1v) is 11.8. The van der Waals surface area contributed by atoms with Gasteiger partial charge in [0.25, 0.3) is 0 Å². The van der Waals surface area contributed by atoms with E-state index in [9.17, 15) is 17.6 Å². The quantitative estimate of drug-likeness (QED) is 0.578. The highest BCUT2D eigenvalue weighted by Crippen LogP contribution is 2.58. The van der Waals surface area contributed by atoms with Crippen molar-refractivity contribution in [3.05, 3.63) is 70.8 Å². The lowest BCUT2D eigenvalue weighted by Crippen LogP contribution is -2.53. The summed E-state index contributed by atoms with van der Waals surface area (Å²) < 4.78 is 61.9. The molecule has 1 aliphatic carbocycles. The molecule has 2 aromatic rings. The summed E-state index contributed by atoms with van der Waals surface area (Å²) in [6, 6.07) is 7.55. The third kappa shape index (κ3) is 3.48. The van der Waals surface area contributed by atoms with Gasteiger partial charge in [-0.2, -0.15) is 0 Å². The van der Waals surface area contributed by atoms with Crippen LogP contribution in [-0.2, 0) is 19.4 Å². The van der Waals surface area contributed by atoms with Crippen molar-refractivity contribution in [1.82, 2.24) is 0 Å². The molecule has 0 N–H and O–H groups in total. The maximum Gasteiger partial charge on any atom is 0.188 e. The van der Waals surface area contributed by atoms with Crippen LogP contribution < -0.4 is 4.74 Å². The van der Waals surface area contributed by atoms with Gasteiger partial charge in [-0.05, 0) is 68.2 Å². The van der Waals surface area contributed by atoms with Gasteiger partial charge in [-0.25, -0.2) is 17.2 Å². The summed E-state index contributed by atoms with van der Waals surface area (Å²) in [5.41, 5.74) is -0.264. The van der Waals surface area contributed by atoms with Gasteiger partial charge in [-0.1, -0.05) is 24.1 Å². The van der Waals surface area contributed by atoms with Gasteiger partial charge in [0.05, 0.1) is 17.1 Å². The van der Waals surface area contributed by atoms with Gasteiger partial charge < -0.3 is 4.74 Å². The molecule has 3 atom stereocenters. The van der Waals surface area contributed by atoms with Crippen LogP contribution in [0.25, 0.3) is 0 Å². The Hall–Kier alpha value is -2.25. The van der Waals surface area contributed by atoms with E-state index < -0.39 is 32.1 Å². The van der Waals surface area contributed by atoms with E-state index in [0.717, 1.165) is 12.1 Å². The number of sulfone groups is 1. The summed E-state index contributed by atoms with van der Waals surface area (Å²) in [6.07, 6.45) is 4.26. The Morgan fingerprint density at radius 3 is 2.52 bits per heavy atom. The zero-order valence-electron chi connectivity index (χ0n) is 16.8. The second-order valence-corrected chi connectivity index (χ2v) is 10.7. The highest BCUT2D eigenvalue weighted by Gasteiger charge is 2.60. The lowest BCUT2D eigenvalue weighted by Gasteiger charge is -2.49. The smallest absolute Gasteiger partial charge is 0.188 e. The number of benzene rings is 2. The van der Waals surface area contributed by atoms with Crippen molar-refractivity contribution in [2.75, 3.05) is 6.61 Å². The van der Waals surface area contributed by atoms with Gasteiger partial charge in [-0.3, -0.25) is 4.79 Å². The summed E-state index contributed by atoms with van der Waals surface area (Å²) in [5.74, 6) is -3.20. The molecule has 0 bridgehead atoms. The number of rotatable bonds is 4. The summed E-state index contributed by atoms with van der Waals surface area (Å²) >= 11 is 5.94. The van der Waals surface area contributed by atoms with Crippen LogP contribution in [0.5, 0.6) is 5.75 Å². The molecule has 31 heavy (non-hydrogen) atoms. The van der Waals surface area contributed by atoms with Crippen LogP contribution in [0, 0.1) is 23.5 Å². The zero-order chi connectivity index (χ0) is 22.4. The Bertz CT molecular complexity index is 1160. The van der Waals surface area contributed by atoms with Gasteiger partial charge in [0, 0.05) is 10.9 Å². The van der Waals surface area contributed by atoms with E-state index in [4.69, 9.17) is 16.3 Å². The maximum absolute atomic E-state index is 15.2. The predicted octanol–water partition coefficient (Wildman–Crippen LogP) is 5.24. The van der Waals surface area contributed by atoms with E-state index in [1.54, 1.807) is 6.08 Å². The van der Waals surface area contributed by atoms with E-state index in [1.807, 2.05) is 0 Å². The predicted molar refractivity (Wildman–Crippen MR) is 113 cm³/mol. The van der Waals surface area contributed by atoms with Crippen molar-refractivity contribution >= 4 is 27.2 Å². The van der Waals surface area contributed by atoms with Crippen molar-refractivity contribution in [3.8, 4) is 5.75 Å². The first kappa shape index (κ1) is 22.0. The van der Waals surface area contributed by atoms with E-state index in [-0.39, 0.29) is 40.9 Å². The van der Waals surface area contributed by atoms with E-state index in [0.29, 0.717) is 17.9 Å². The molecule has 8 heteroatoms. The van der Waals surface area contributed by atoms with Crippen LogP contribution in [0.2, 0.25) is 5.02 Å². The fourth-order valence-electron chi connectivity index (χ4n) is 4.92. The molecule has 1 aliphatic heterocycles. The Morgan fingerprint density at radius 2 is 1.84 bits per heavy atom. The monoisotopic (exact) mass is 466 g/mol. The molecule has 1 unspecified atom stereocenters. The van der Waals surface area contributed by atoms with Crippen LogP contribution in [-0.4, -0.2) is 20.8 Å². The fraction of sp³-hybridized carbons (Fsp3) is 0.348. The average molecular weight is 467 g/mol. The molecule has 164 valence electrons. The molecule has 0 saturated heterocycles. The third-order valence-corrected chi connectivity index (χ3v) is 9.09. The molecule has 1 heterocycles. The normalized spacial score (nSPS) is 25.5. The van der Waals surface area contributed by atoms with Crippen LogP contribution in [0.1, 0.15) is 31.7 Å². The van der Waals surface area contributed by atoms with Gasteiger partial charge in [0.2, 0.25) is 0 Å². The molecule has 0 radical (unpaired) electrons. The van der Waals surface area contributed by atoms with Crippen LogP contribution in [0.3, 0.4) is 0 Å². The zero-order valence-corrected chi connectivity index (χ0v) is 18.3. The molecule has 0 aromatic heterocycles. The van der Waals surface area contributed by atoms with Crippen molar-refractivity contribution < 1.29 is 26.7 Å². The van der Waals surface area contributed by atoms with Crippen molar-refractivity contribution in [2.45, 2.75) is 35.8 Å². The van der Waals surface area contributed by atoms with Crippen molar-refractivity contribution in [2.24, 2.45) is 11.8 Å². The van der Waals surface area contributed by atoms with Gasteiger partial charge in [0.15, 0.2) is 27.2 Å². The lowest BCUT2D eigenvalue weighted by molar-refractivity contribution is -0.112. The Balaban J connectivity index is 2.00. The standard InChI is InChI=1S/C23H21ClF2O4S/c1-14(27)4-5-15-3-2-12-23(31(28,29)17-8-6-16(24)7-9-17)18(15)13-30-22-20(26)11-10-19(25)21(22)23/h4-11,15,18H,2-3,12-13H2,1H3/t15-,18?,23-/m0/s1. The van der Waals surface area contributed by atoms with Crippen molar-refractivity contribution in [1.29, 1.82) is 0 Å².